The van der Waals surface area contributed by atoms with Gasteiger partial charge in [0.2, 0.25) is 0 Å². The van der Waals surface area contributed by atoms with Gasteiger partial charge in [-0.25, -0.2) is 0 Å². The molecule has 1 N–H and O–H groups in total. The second-order valence-electron chi connectivity index (χ2n) is 3.79. The maximum atomic E-state index is 12.3. The molecule has 0 saturated carbocycles. The lowest BCUT2D eigenvalue weighted by Gasteiger charge is -2.21. The number of hydrogen-bond acceptors (Lipinski definition) is 1. The fourth-order valence-corrected chi connectivity index (χ4v) is 1.33. The standard InChI is InChI=1S/C12H11F3O2/c1-3-11(2,10(16)17)8-4-6-9(7-5-8)12(13,14)15/h3-7H,1H2,2H3,(H,16,17). The van der Waals surface area contributed by atoms with Crippen molar-refractivity contribution in [2.24, 2.45) is 0 Å². The van der Waals surface area contributed by atoms with Gasteiger partial charge in [-0.05, 0) is 24.6 Å². The van der Waals surface area contributed by atoms with Crippen molar-refractivity contribution in [3.05, 3.63) is 48.0 Å². The summed E-state index contributed by atoms with van der Waals surface area (Å²) in [6.07, 6.45) is -3.23. The lowest BCUT2D eigenvalue weighted by atomic mass is 9.82. The molecule has 0 spiro atoms. The first-order valence-electron chi connectivity index (χ1n) is 4.76. The van der Waals surface area contributed by atoms with E-state index in [1.165, 1.54) is 13.0 Å². The van der Waals surface area contributed by atoms with Gasteiger partial charge in [-0.3, -0.25) is 4.79 Å². The van der Waals surface area contributed by atoms with Gasteiger partial charge in [0.05, 0.1) is 5.56 Å². The molecule has 1 atom stereocenters. The minimum absolute atomic E-state index is 0.257. The Morgan fingerprint density at radius 3 is 1.94 bits per heavy atom. The van der Waals surface area contributed by atoms with Crippen molar-refractivity contribution >= 4 is 5.97 Å². The number of aliphatic carboxylic acids is 1. The maximum absolute atomic E-state index is 12.3. The quantitative estimate of drug-likeness (QED) is 0.829. The largest absolute Gasteiger partial charge is 0.480 e. The Bertz CT molecular complexity index is 434. The third-order valence-corrected chi connectivity index (χ3v) is 2.66. The summed E-state index contributed by atoms with van der Waals surface area (Å²) in [5.41, 5.74) is -1.93. The monoisotopic (exact) mass is 244 g/mol. The van der Waals surface area contributed by atoms with Gasteiger partial charge in [0, 0.05) is 0 Å². The van der Waals surface area contributed by atoms with E-state index in [4.69, 9.17) is 5.11 Å². The summed E-state index contributed by atoms with van der Waals surface area (Å²) >= 11 is 0. The molecule has 2 nitrogen and oxygen atoms in total. The zero-order valence-electron chi connectivity index (χ0n) is 9.08. The van der Waals surface area contributed by atoms with Gasteiger partial charge in [0.15, 0.2) is 0 Å². The predicted octanol–water partition coefficient (Wildman–Crippen LogP) is 3.23. The lowest BCUT2D eigenvalue weighted by Crippen LogP contribution is -2.29. The summed E-state index contributed by atoms with van der Waals surface area (Å²) in [4.78, 5) is 11.0. The SMILES string of the molecule is C=CC(C)(C(=O)O)c1ccc(C(F)(F)F)cc1. The van der Waals surface area contributed by atoms with E-state index < -0.39 is 23.1 Å². The number of carboxylic acids is 1. The summed E-state index contributed by atoms with van der Waals surface area (Å²) in [5.74, 6) is -1.16. The number of alkyl halides is 3. The zero-order chi connectivity index (χ0) is 13.3. The van der Waals surface area contributed by atoms with Crippen LogP contribution in [0.1, 0.15) is 18.1 Å². The zero-order valence-corrected chi connectivity index (χ0v) is 9.08. The van der Waals surface area contributed by atoms with E-state index in [2.05, 4.69) is 6.58 Å². The van der Waals surface area contributed by atoms with E-state index in [0.717, 1.165) is 24.3 Å². The van der Waals surface area contributed by atoms with Crippen LogP contribution in [-0.4, -0.2) is 11.1 Å². The Labute approximate surface area is 96.4 Å². The van der Waals surface area contributed by atoms with Crippen LogP contribution in [0.4, 0.5) is 13.2 Å². The van der Waals surface area contributed by atoms with E-state index in [0.29, 0.717) is 0 Å². The Kier molecular flexibility index (Phi) is 3.31. The van der Waals surface area contributed by atoms with Gasteiger partial charge in [0.25, 0.3) is 0 Å². The molecule has 0 aliphatic heterocycles. The normalized spacial score (nSPS) is 15.1. The molecule has 1 rings (SSSR count). The average Bonchev–Trinajstić information content (AvgIpc) is 2.26. The van der Waals surface area contributed by atoms with Crippen LogP contribution in [0.3, 0.4) is 0 Å². The predicted molar refractivity (Wildman–Crippen MR) is 56.6 cm³/mol. The first-order valence-corrected chi connectivity index (χ1v) is 4.76. The van der Waals surface area contributed by atoms with Gasteiger partial charge >= 0.3 is 12.1 Å². The van der Waals surface area contributed by atoms with Gasteiger partial charge in [-0.15, -0.1) is 6.58 Å². The number of carbonyl (C=O) groups is 1. The van der Waals surface area contributed by atoms with E-state index in [-0.39, 0.29) is 5.56 Å². The number of hydrogen-bond donors (Lipinski definition) is 1. The highest BCUT2D eigenvalue weighted by Gasteiger charge is 2.34. The van der Waals surface area contributed by atoms with E-state index in [1.54, 1.807) is 0 Å². The molecule has 0 aliphatic rings. The summed E-state index contributed by atoms with van der Waals surface area (Å²) < 4.78 is 37.0. The third kappa shape index (κ3) is 2.49. The number of benzene rings is 1. The molecule has 5 heteroatoms. The first kappa shape index (κ1) is 13.3. The molecule has 92 valence electrons. The topological polar surface area (TPSA) is 37.3 Å². The molecule has 0 radical (unpaired) electrons. The Morgan fingerprint density at radius 2 is 1.65 bits per heavy atom. The Hall–Kier alpha value is -1.78. The molecule has 1 aromatic carbocycles. The molecule has 0 amide bonds. The van der Waals surface area contributed by atoms with Crippen molar-refractivity contribution in [1.29, 1.82) is 0 Å². The molecule has 1 aromatic rings. The van der Waals surface area contributed by atoms with Crippen LogP contribution in [-0.2, 0) is 16.4 Å². The minimum atomic E-state index is -4.42. The van der Waals surface area contributed by atoms with Crippen LogP contribution in [0.2, 0.25) is 0 Å². The van der Waals surface area contributed by atoms with Crippen molar-refractivity contribution in [2.75, 3.05) is 0 Å². The van der Waals surface area contributed by atoms with Crippen molar-refractivity contribution in [3.63, 3.8) is 0 Å². The average molecular weight is 244 g/mol. The van der Waals surface area contributed by atoms with E-state index >= 15 is 0 Å². The number of rotatable bonds is 3. The molecule has 0 fully saturated rings. The van der Waals surface area contributed by atoms with Crippen LogP contribution in [0.25, 0.3) is 0 Å². The second kappa shape index (κ2) is 4.24. The smallest absolute Gasteiger partial charge is 0.416 e. The van der Waals surface area contributed by atoms with Crippen molar-refractivity contribution in [3.8, 4) is 0 Å². The lowest BCUT2D eigenvalue weighted by molar-refractivity contribution is -0.141. The molecule has 17 heavy (non-hydrogen) atoms. The van der Waals surface area contributed by atoms with Crippen LogP contribution < -0.4 is 0 Å². The molecular formula is C12H11F3O2. The molecule has 0 heterocycles. The van der Waals surface area contributed by atoms with Crippen LogP contribution in [0.15, 0.2) is 36.9 Å². The molecule has 0 aromatic heterocycles. The fourth-order valence-electron chi connectivity index (χ4n) is 1.33. The summed E-state index contributed by atoms with van der Waals surface area (Å²) in [6.45, 7) is 4.78. The summed E-state index contributed by atoms with van der Waals surface area (Å²) in [5, 5.41) is 9.02. The fraction of sp³-hybridized carbons (Fsp3) is 0.250. The van der Waals surface area contributed by atoms with Crippen LogP contribution in [0.5, 0.6) is 0 Å². The van der Waals surface area contributed by atoms with Crippen molar-refractivity contribution < 1.29 is 23.1 Å². The Morgan fingerprint density at radius 1 is 1.24 bits per heavy atom. The molecule has 0 saturated heterocycles. The minimum Gasteiger partial charge on any atom is -0.480 e. The number of carboxylic acid groups (broad SMARTS) is 1. The number of halogens is 3. The summed E-state index contributed by atoms with van der Waals surface area (Å²) in [7, 11) is 0. The molecule has 0 bridgehead atoms. The van der Waals surface area contributed by atoms with Crippen molar-refractivity contribution in [2.45, 2.75) is 18.5 Å². The highest BCUT2D eigenvalue weighted by atomic mass is 19.4. The molecule has 0 aliphatic carbocycles. The van der Waals surface area contributed by atoms with Gasteiger partial charge < -0.3 is 5.11 Å². The Balaban J connectivity index is 3.19. The van der Waals surface area contributed by atoms with Crippen LogP contribution >= 0.6 is 0 Å². The van der Waals surface area contributed by atoms with Gasteiger partial charge in [-0.2, -0.15) is 13.2 Å². The second-order valence-corrected chi connectivity index (χ2v) is 3.79. The van der Waals surface area contributed by atoms with E-state index in [1.807, 2.05) is 0 Å². The highest BCUT2D eigenvalue weighted by molar-refractivity contribution is 5.83. The molecular weight excluding hydrogens is 233 g/mol. The third-order valence-electron chi connectivity index (χ3n) is 2.66. The van der Waals surface area contributed by atoms with Gasteiger partial charge in [0.1, 0.15) is 5.41 Å². The maximum Gasteiger partial charge on any atom is 0.416 e. The highest BCUT2D eigenvalue weighted by Crippen LogP contribution is 2.32. The first-order chi connectivity index (χ1) is 7.71. The summed E-state index contributed by atoms with van der Waals surface area (Å²) in [6, 6.07) is 4.03. The van der Waals surface area contributed by atoms with Crippen molar-refractivity contribution in [1.82, 2.24) is 0 Å². The van der Waals surface area contributed by atoms with E-state index in [9.17, 15) is 18.0 Å². The van der Waals surface area contributed by atoms with Gasteiger partial charge in [-0.1, -0.05) is 18.2 Å². The molecule has 1 unspecified atom stereocenters. The van der Waals surface area contributed by atoms with Crippen LogP contribution in [0, 0.1) is 0 Å².